The second-order valence-electron chi connectivity index (χ2n) is 4.11. The van der Waals surface area contributed by atoms with Crippen molar-refractivity contribution in [3.8, 4) is 0 Å². The van der Waals surface area contributed by atoms with Gasteiger partial charge in [0.05, 0.1) is 12.2 Å². The molecule has 1 rings (SSSR count). The summed E-state index contributed by atoms with van der Waals surface area (Å²) in [4.78, 5) is 24.7. The second-order valence-corrected chi connectivity index (χ2v) is 4.11. The van der Waals surface area contributed by atoms with E-state index in [0.29, 0.717) is 0 Å². The normalized spacial score (nSPS) is 11.7. The fourth-order valence-electron chi connectivity index (χ4n) is 1.12. The zero-order valence-corrected chi connectivity index (χ0v) is 8.50. The maximum atomic E-state index is 11.4. The number of aliphatic hydroxyl groups is 1. The van der Waals surface area contributed by atoms with E-state index in [9.17, 15) is 9.59 Å². The van der Waals surface area contributed by atoms with Gasteiger partial charge in [-0.05, 0) is 20.8 Å². The summed E-state index contributed by atoms with van der Waals surface area (Å²) in [6, 6.07) is 0. The minimum absolute atomic E-state index is 0.194. The maximum Gasteiger partial charge on any atom is 0.328 e. The average molecular weight is 198 g/mol. The van der Waals surface area contributed by atoms with Crippen LogP contribution in [0.4, 0.5) is 0 Å². The van der Waals surface area contributed by atoms with Gasteiger partial charge >= 0.3 is 5.69 Å². The lowest BCUT2D eigenvalue weighted by molar-refractivity contribution is 0.275. The van der Waals surface area contributed by atoms with Crippen LogP contribution < -0.4 is 11.2 Å². The number of hydrogen-bond acceptors (Lipinski definition) is 3. The molecule has 5 nitrogen and oxygen atoms in total. The highest BCUT2D eigenvalue weighted by Gasteiger charge is 2.15. The van der Waals surface area contributed by atoms with Crippen LogP contribution in [0.15, 0.2) is 15.8 Å². The number of rotatable bonds is 1. The summed E-state index contributed by atoms with van der Waals surface area (Å²) in [6.45, 7) is 5.15. The predicted octanol–water partition coefficient (Wildman–Crippen LogP) is -0.216. The molecule has 1 aromatic rings. The van der Waals surface area contributed by atoms with Crippen molar-refractivity contribution in [2.75, 3.05) is 0 Å². The van der Waals surface area contributed by atoms with E-state index in [2.05, 4.69) is 4.98 Å². The third-order valence-corrected chi connectivity index (χ3v) is 1.91. The third-order valence-electron chi connectivity index (χ3n) is 1.91. The number of aliphatic hydroxyl groups excluding tert-OH is 1. The van der Waals surface area contributed by atoms with E-state index in [1.165, 1.54) is 10.8 Å². The van der Waals surface area contributed by atoms with E-state index in [4.69, 9.17) is 5.11 Å². The highest BCUT2D eigenvalue weighted by Crippen LogP contribution is 2.09. The first-order valence-corrected chi connectivity index (χ1v) is 4.32. The Morgan fingerprint density at radius 3 is 2.43 bits per heavy atom. The van der Waals surface area contributed by atoms with E-state index in [1.54, 1.807) is 0 Å². The SMILES string of the molecule is CC(C)(C)n1cc(CO)c(=O)[nH]c1=O. The molecule has 0 unspecified atom stereocenters. The molecule has 5 heteroatoms. The second kappa shape index (κ2) is 3.42. The molecule has 0 spiro atoms. The van der Waals surface area contributed by atoms with Crippen molar-refractivity contribution in [3.63, 3.8) is 0 Å². The molecule has 0 amide bonds. The molecule has 1 heterocycles. The van der Waals surface area contributed by atoms with Gasteiger partial charge in [-0.15, -0.1) is 0 Å². The molecule has 0 aliphatic heterocycles. The number of nitrogens with zero attached hydrogens (tertiary/aromatic N) is 1. The summed E-state index contributed by atoms with van der Waals surface area (Å²) in [7, 11) is 0. The summed E-state index contributed by atoms with van der Waals surface area (Å²) in [6.07, 6.45) is 1.39. The van der Waals surface area contributed by atoms with E-state index >= 15 is 0 Å². The quantitative estimate of drug-likeness (QED) is 0.655. The first-order valence-electron chi connectivity index (χ1n) is 4.32. The zero-order chi connectivity index (χ0) is 10.9. The Morgan fingerprint density at radius 2 is 2.00 bits per heavy atom. The average Bonchev–Trinajstić information content (AvgIpc) is 2.02. The molecule has 2 N–H and O–H groups in total. The molecule has 0 aliphatic carbocycles. The minimum atomic E-state index is -0.530. The van der Waals surface area contributed by atoms with Crippen LogP contribution in [0.1, 0.15) is 26.3 Å². The molecule has 14 heavy (non-hydrogen) atoms. The molecule has 0 saturated heterocycles. The summed E-state index contributed by atoms with van der Waals surface area (Å²) in [5.41, 5.74) is -1.21. The number of aromatic amines is 1. The number of hydrogen-bond donors (Lipinski definition) is 2. The van der Waals surface area contributed by atoms with Gasteiger partial charge in [0.1, 0.15) is 0 Å². The molecular formula is C9H14N2O3. The van der Waals surface area contributed by atoms with E-state index < -0.39 is 16.8 Å². The van der Waals surface area contributed by atoms with Crippen LogP contribution >= 0.6 is 0 Å². The smallest absolute Gasteiger partial charge is 0.328 e. The molecule has 0 bridgehead atoms. The molecule has 0 saturated carbocycles. The van der Waals surface area contributed by atoms with Crippen molar-refractivity contribution in [1.29, 1.82) is 0 Å². The lowest BCUT2D eigenvalue weighted by Crippen LogP contribution is -2.39. The Hall–Kier alpha value is -1.36. The van der Waals surface area contributed by atoms with Crippen molar-refractivity contribution in [2.24, 2.45) is 0 Å². The molecule has 0 atom stereocenters. The number of aromatic nitrogens is 2. The Labute approximate surface area is 81.0 Å². The standard InChI is InChI=1S/C9H14N2O3/c1-9(2,3)11-4-6(5-12)7(13)10-8(11)14/h4,12H,5H2,1-3H3,(H,10,13,14). The number of H-pyrrole nitrogens is 1. The van der Waals surface area contributed by atoms with Crippen molar-refractivity contribution in [3.05, 3.63) is 32.6 Å². The highest BCUT2D eigenvalue weighted by atomic mass is 16.3. The summed E-state index contributed by atoms with van der Waals surface area (Å²) < 4.78 is 1.39. The zero-order valence-electron chi connectivity index (χ0n) is 8.50. The molecule has 1 aromatic heterocycles. The van der Waals surface area contributed by atoms with Crippen LogP contribution in [0.3, 0.4) is 0 Å². The van der Waals surface area contributed by atoms with E-state index in [1.807, 2.05) is 20.8 Å². The van der Waals surface area contributed by atoms with Gasteiger partial charge in [-0.2, -0.15) is 0 Å². The van der Waals surface area contributed by atoms with Gasteiger partial charge in [-0.25, -0.2) is 4.79 Å². The Morgan fingerprint density at radius 1 is 1.43 bits per heavy atom. The molecule has 0 aromatic carbocycles. The first kappa shape index (κ1) is 10.7. The van der Waals surface area contributed by atoms with Gasteiger partial charge in [0.15, 0.2) is 0 Å². The van der Waals surface area contributed by atoms with Crippen LogP contribution in [-0.4, -0.2) is 14.7 Å². The van der Waals surface area contributed by atoms with E-state index in [-0.39, 0.29) is 12.2 Å². The van der Waals surface area contributed by atoms with Crippen LogP contribution in [0.25, 0.3) is 0 Å². The molecule has 0 aliphatic rings. The lowest BCUT2D eigenvalue weighted by atomic mass is 10.1. The van der Waals surface area contributed by atoms with Crippen LogP contribution in [0.2, 0.25) is 0 Å². The van der Waals surface area contributed by atoms with Gasteiger partial charge in [0, 0.05) is 11.7 Å². The minimum Gasteiger partial charge on any atom is -0.391 e. The summed E-state index contributed by atoms with van der Waals surface area (Å²) in [5, 5.41) is 8.86. The van der Waals surface area contributed by atoms with Crippen molar-refractivity contribution >= 4 is 0 Å². The van der Waals surface area contributed by atoms with Crippen LogP contribution in [0, 0.1) is 0 Å². The van der Waals surface area contributed by atoms with Gasteiger partial charge in [-0.1, -0.05) is 0 Å². The Bertz CT molecular complexity index is 437. The molecule has 0 fully saturated rings. The van der Waals surface area contributed by atoms with Gasteiger partial charge in [0.25, 0.3) is 5.56 Å². The first-order chi connectivity index (χ1) is 6.36. The van der Waals surface area contributed by atoms with Crippen molar-refractivity contribution < 1.29 is 5.11 Å². The van der Waals surface area contributed by atoms with Gasteiger partial charge in [0.2, 0.25) is 0 Å². The Balaban J connectivity index is 3.48. The van der Waals surface area contributed by atoms with E-state index in [0.717, 1.165) is 0 Å². The fourth-order valence-corrected chi connectivity index (χ4v) is 1.12. The maximum absolute atomic E-state index is 11.4. The largest absolute Gasteiger partial charge is 0.391 e. The Kier molecular flexibility index (Phi) is 2.62. The van der Waals surface area contributed by atoms with Gasteiger partial charge < -0.3 is 5.11 Å². The topological polar surface area (TPSA) is 75.1 Å². The fraction of sp³-hybridized carbons (Fsp3) is 0.556. The summed E-state index contributed by atoms with van der Waals surface area (Å²) in [5.74, 6) is 0. The monoisotopic (exact) mass is 198 g/mol. The predicted molar refractivity (Wildman–Crippen MR) is 52.2 cm³/mol. The van der Waals surface area contributed by atoms with Crippen molar-refractivity contribution in [1.82, 2.24) is 9.55 Å². The van der Waals surface area contributed by atoms with Crippen molar-refractivity contribution in [2.45, 2.75) is 32.9 Å². The van der Waals surface area contributed by atoms with Gasteiger partial charge in [-0.3, -0.25) is 14.3 Å². The third kappa shape index (κ3) is 1.93. The van der Waals surface area contributed by atoms with Crippen LogP contribution in [0.5, 0.6) is 0 Å². The molecule has 78 valence electrons. The molecule has 0 radical (unpaired) electrons. The molecular weight excluding hydrogens is 184 g/mol. The number of nitrogens with one attached hydrogen (secondary N) is 1. The van der Waals surface area contributed by atoms with Crippen LogP contribution in [-0.2, 0) is 12.1 Å². The summed E-state index contributed by atoms with van der Waals surface area (Å²) >= 11 is 0. The highest BCUT2D eigenvalue weighted by molar-refractivity contribution is 5.04. The lowest BCUT2D eigenvalue weighted by Gasteiger charge is -2.21.